The summed E-state index contributed by atoms with van der Waals surface area (Å²) in [6.07, 6.45) is 0.367. The van der Waals surface area contributed by atoms with Crippen molar-refractivity contribution in [2.24, 2.45) is 0 Å². The van der Waals surface area contributed by atoms with Crippen molar-refractivity contribution in [2.75, 3.05) is 11.1 Å². The lowest BCUT2D eigenvalue weighted by Crippen LogP contribution is -2.33. The van der Waals surface area contributed by atoms with Crippen molar-refractivity contribution in [3.8, 4) is 11.5 Å². The molecule has 0 radical (unpaired) electrons. The van der Waals surface area contributed by atoms with E-state index in [4.69, 9.17) is 10.8 Å². The van der Waals surface area contributed by atoms with Crippen LogP contribution in [0, 0.1) is 11.6 Å². The van der Waals surface area contributed by atoms with E-state index in [2.05, 4.69) is 20.4 Å². The number of amides is 1. The number of nitrogens with zero attached hydrogens (tertiary/aromatic N) is 4. The van der Waals surface area contributed by atoms with Crippen molar-refractivity contribution < 1.29 is 23.5 Å². The Labute approximate surface area is 232 Å². The number of rotatable bonds is 7. The van der Waals surface area contributed by atoms with E-state index in [9.17, 15) is 18.4 Å². The van der Waals surface area contributed by atoms with Crippen LogP contribution in [0.25, 0.3) is 22.4 Å². The van der Waals surface area contributed by atoms with Crippen molar-refractivity contribution in [1.82, 2.24) is 19.7 Å². The number of nitrogen functional groups attached to an aromatic ring is 1. The Morgan fingerprint density at radius 1 is 1.07 bits per heavy atom. The van der Waals surface area contributed by atoms with Crippen molar-refractivity contribution in [2.45, 2.75) is 31.7 Å². The van der Waals surface area contributed by atoms with Gasteiger partial charge in [0.05, 0.1) is 17.6 Å². The van der Waals surface area contributed by atoms with Gasteiger partial charge in [0.15, 0.2) is 5.82 Å². The van der Waals surface area contributed by atoms with Crippen LogP contribution in [0.4, 0.5) is 20.4 Å². The molecule has 5 aromatic rings. The molecule has 4 N–H and O–H groups in total. The van der Waals surface area contributed by atoms with Gasteiger partial charge < -0.3 is 16.2 Å². The van der Waals surface area contributed by atoms with Gasteiger partial charge in [-0.25, -0.2) is 18.7 Å². The number of anilines is 2. The number of aliphatic carboxylic acids is 1. The second-order valence-electron chi connectivity index (χ2n) is 10.1. The molecule has 41 heavy (non-hydrogen) atoms. The summed E-state index contributed by atoms with van der Waals surface area (Å²) in [7, 11) is 0. The molecule has 3 aromatic carbocycles. The molecule has 0 fully saturated rings. The summed E-state index contributed by atoms with van der Waals surface area (Å²) in [6, 6.07) is 17.5. The van der Waals surface area contributed by atoms with Crippen LogP contribution in [0.3, 0.4) is 0 Å². The second kappa shape index (κ2) is 9.77. The molecule has 3 heterocycles. The molecule has 0 spiro atoms. The summed E-state index contributed by atoms with van der Waals surface area (Å²) in [5.41, 5.74) is 8.24. The van der Waals surface area contributed by atoms with Gasteiger partial charge in [-0.2, -0.15) is 5.10 Å². The molecular formula is C30H24F2N6O3. The monoisotopic (exact) mass is 554 g/mol. The van der Waals surface area contributed by atoms with E-state index in [1.165, 1.54) is 22.9 Å². The summed E-state index contributed by atoms with van der Waals surface area (Å²) >= 11 is 0. The van der Waals surface area contributed by atoms with Gasteiger partial charge in [0, 0.05) is 17.4 Å². The van der Waals surface area contributed by atoms with Crippen LogP contribution in [0.5, 0.6) is 0 Å². The highest BCUT2D eigenvalue weighted by Gasteiger charge is 2.47. The van der Waals surface area contributed by atoms with E-state index >= 15 is 0 Å². The first-order valence-corrected chi connectivity index (χ1v) is 12.9. The van der Waals surface area contributed by atoms with E-state index in [1.807, 2.05) is 0 Å². The molecule has 0 saturated carbocycles. The number of carboxylic acid groups (broad SMARTS) is 1. The third kappa shape index (κ3) is 4.45. The molecule has 0 saturated heterocycles. The van der Waals surface area contributed by atoms with Gasteiger partial charge in [-0.15, -0.1) is 0 Å². The Kier molecular flexibility index (Phi) is 6.21. The maximum Gasteiger partial charge on any atom is 0.303 e. The fourth-order valence-electron chi connectivity index (χ4n) is 5.27. The molecule has 206 valence electrons. The highest BCUT2D eigenvalue weighted by atomic mass is 19.1. The summed E-state index contributed by atoms with van der Waals surface area (Å²) in [5.74, 6) is -1.71. The molecule has 1 atom stereocenters. The molecule has 2 aromatic heterocycles. The molecule has 9 nitrogen and oxygen atoms in total. The van der Waals surface area contributed by atoms with E-state index in [0.29, 0.717) is 39.7 Å². The molecule has 0 bridgehead atoms. The number of nitrogens with one attached hydrogen (secondary N) is 1. The Balaban J connectivity index is 1.41. The first-order valence-electron chi connectivity index (χ1n) is 12.9. The largest absolute Gasteiger partial charge is 0.481 e. The van der Waals surface area contributed by atoms with E-state index < -0.39 is 23.0 Å². The minimum atomic E-state index is -1.20. The first-order chi connectivity index (χ1) is 19.6. The number of benzene rings is 3. The normalized spacial score (nSPS) is 16.1. The number of carboxylic acids is 1. The third-order valence-electron chi connectivity index (χ3n) is 7.49. The highest BCUT2D eigenvalue weighted by Crippen LogP contribution is 2.45. The van der Waals surface area contributed by atoms with Crippen molar-refractivity contribution in [3.63, 3.8) is 0 Å². The van der Waals surface area contributed by atoms with Gasteiger partial charge in [-0.05, 0) is 48.7 Å². The number of hydrogen-bond donors (Lipinski definition) is 3. The quantitative estimate of drug-likeness (QED) is 0.266. The number of nitrogens with two attached hydrogens (primary N) is 1. The molecule has 1 aliphatic heterocycles. The third-order valence-corrected chi connectivity index (χ3v) is 7.49. The number of carbonyl (C=O) groups excluding carboxylic acids is 1. The molecule has 11 heteroatoms. The zero-order valence-corrected chi connectivity index (χ0v) is 21.9. The molecule has 6 rings (SSSR count). The number of fused-ring (bicyclic) bond motifs is 2. The highest BCUT2D eigenvalue weighted by molar-refractivity contribution is 6.09. The maximum absolute atomic E-state index is 14.4. The maximum atomic E-state index is 14.4. The van der Waals surface area contributed by atoms with Crippen LogP contribution >= 0.6 is 0 Å². The van der Waals surface area contributed by atoms with Gasteiger partial charge in [0.2, 0.25) is 5.91 Å². The Morgan fingerprint density at radius 2 is 1.83 bits per heavy atom. The lowest BCUT2D eigenvalue weighted by molar-refractivity contribution is -0.137. The fourth-order valence-corrected chi connectivity index (χ4v) is 5.27. The summed E-state index contributed by atoms with van der Waals surface area (Å²) in [4.78, 5) is 33.4. The number of aryl methyl sites for hydroxylation is 1. The van der Waals surface area contributed by atoms with Gasteiger partial charge in [0.25, 0.3) is 0 Å². The molecule has 1 amide bonds. The van der Waals surface area contributed by atoms with E-state index in [-0.39, 0.29) is 36.3 Å². The van der Waals surface area contributed by atoms with Crippen LogP contribution in [0.15, 0.2) is 66.7 Å². The van der Waals surface area contributed by atoms with Crippen molar-refractivity contribution in [1.29, 1.82) is 0 Å². The number of aromatic nitrogens is 4. The van der Waals surface area contributed by atoms with Crippen LogP contribution < -0.4 is 11.1 Å². The Morgan fingerprint density at radius 3 is 2.56 bits per heavy atom. The van der Waals surface area contributed by atoms with E-state index in [1.54, 1.807) is 55.5 Å². The summed E-state index contributed by atoms with van der Waals surface area (Å²) in [5, 5.41) is 16.9. The lowest BCUT2D eigenvalue weighted by atomic mass is 9.77. The van der Waals surface area contributed by atoms with Crippen molar-refractivity contribution >= 4 is 34.4 Å². The van der Waals surface area contributed by atoms with Crippen LogP contribution in [0.2, 0.25) is 0 Å². The van der Waals surface area contributed by atoms with Gasteiger partial charge in [0.1, 0.15) is 34.4 Å². The zero-order valence-electron chi connectivity index (χ0n) is 21.9. The minimum Gasteiger partial charge on any atom is -0.481 e. The molecule has 0 unspecified atom stereocenters. The van der Waals surface area contributed by atoms with Crippen LogP contribution in [0.1, 0.15) is 35.6 Å². The lowest BCUT2D eigenvalue weighted by Gasteiger charge is -2.23. The number of carbonyl (C=O) groups is 2. The standard InChI is InChI=1S/C30H24F2N6O3/c1-30(18-9-6-16(7-10-18)8-13-23(39)40)24-26(33)34-28(35-27(24)36-29(30)41)25-20-12-11-19(31)14-22(20)38(37-25)15-17-4-2-3-5-21(17)32/h2-7,9-12,14H,8,13,15H2,1H3,(H,39,40)(H3,33,34,35,36,41)/t30-/m1/s1. The Bertz CT molecular complexity index is 1850. The van der Waals surface area contributed by atoms with Gasteiger partial charge >= 0.3 is 5.97 Å². The SMILES string of the molecule is C[C@]1(c2ccc(CCC(=O)O)cc2)C(=O)Nc2nc(-c3nn(Cc4ccccc4F)c4cc(F)ccc34)nc(N)c21. The minimum absolute atomic E-state index is 0.000866. The van der Waals surface area contributed by atoms with Gasteiger partial charge in [-0.1, -0.05) is 42.5 Å². The summed E-state index contributed by atoms with van der Waals surface area (Å²) < 4.78 is 30.1. The molecule has 0 aliphatic carbocycles. The number of halogens is 2. The van der Waals surface area contributed by atoms with Gasteiger partial charge in [-0.3, -0.25) is 14.3 Å². The van der Waals surface area contributed by atoms with Crippen molar-refractivity contribution in [3.05, 3.63) is 101 Å². The number of hydrogen-bond acceptors (Lipinski definition) is 6. The smallest absolute Gasteiger partial charge is 0.303 e. The summed E-state index contributed by atoms with van der Waals surface area (Å²) in [6.45, 7) is 1.77. The van der Waals surface area contributed by atoms with Crippen LogP contribution in [-0.4, -0.2) is 36.7 Å². The second-order valence-corrected chi connectivity index (χ2v) is 10.1. The molecule has 1 aliphatic rings. The first kappa shape index (κ1) is 26.1. The predicted octanol–water partition coefficient (Wildman–Crippen LogP) is 4.68. The van der Waals surface area contributed by atoms with E-state index in [0.717, 1.165) is 5.56 Å². The van der Waals surface area contributed by atoms with Crippen LogP contribution in [-0.2, 0) is 28.0 Å². The zero-order chi connectivity index (χ0) is 28.9. The predicted molar refractivity (Wildman–Crippen MR) is 148 cm³/mol. The molecular weight excluding hydrogens is 530 g/mol. The average Bonchev–Trinajstić information content (AvgIpc) is 3.43. The topological polar surface area (TPSA) is 136 Å². The Hall–Kier alpha value is -5.19. The average molecular weight is 555 g/mol. The fraction of sp³-hybridized carbons (Fsp3) is 0.167.